The third-order valence-corrected chi connectivity index (χ3v) is 4.99. The fourth-order valence-electron chi connectivity index (χ4n) is 3.54. The van der Waals surface area contributed by atoms with Gasteiger partial charge in [0.25, 0.3) is 5.91 Å². The fourth-order valence-corrected chi connectivity index (χ4v) is 3.54. The summed E-state index contributed by atoms with van der Waals surface area (Å²) in [6, 6.07) is 15.8. The topological polar surface area (TPSA) is 61.4 Å². The zero-order chi connectivity index (χ0) is 19.8. The van der Waals surface area contributed by atoms with Crippen LogP contribution in [0.1, 0.15) is 48.5 Å². The number of anilines is 2. The predicted octanol–water partition coefficient (Wildman–Crippen LogP) is 4.00. The van der Waals surface area contributed by atoms with Gasteiger partial charge in [-0.2, -0.15) is 0 Å². The summed E-state index contributed by atoms with van der Waals surface area (Å²) in [6.45, 7) is 4.48. The Hall–Kier alpha value is -2.82. The smallest absolute Gasteiger partial charge is 0.253 e. The van der Waals surface area contributed by atoms with E-state index in [0.717, 1.165) is 44.5 Å². The first-order chi connectivity index (χ1) is 13.7. The average molecular weight is 380 g/mol. The Kier molecular flexibility index (Phi) is 7.06. The molecule has 2 aromatic rings. The van der Waals surface area contributed by atoms with E-state index in [9.17, 15) is 9.59 Å². The summed E-state index contributed by atoms with van der Waals surface area (Å²) in [5.41, 5.74) is 3.45. The molecule has 1 heterocycles. The summed E-state index contributed by atoms with van der Waals surface area (Å²) in [6.07, 6.45) is 4.35. The summed E-state index contributed by atoms with van der Waals surface area (Å²) in [7, 11) is 0. The van der Waals surface area contributed by atoms with Gasteiger partial charge >= 0.3 is 0 Å². The predicted molar refractivity (Wildman–Crippen MR) is 114 cm³/mol. The molecule has 0 unspecified atom stereocenters. The number of hydrogen-bond donors (Lipinski definition) is 2. The van der Waals surface area contributed by atoms with Crippen LogP contribution in [0.3, 0.4) is 0 Å². The van der Waals surface area contributed by atoms with Crippen LogP contribution in [-0.4, -0.2) is 31.4 Å². The maximum absolute atomic E-state index is 12.9. The second-order valence-corrected chi connectivity index (χ2v) is 7.22. The minimum atomic E-state index is -0.0931. The highest BCUT2D eigenvalue weighted by molar-refractivity contribution is 6.02. The first-order valence-corrected chi connectivity index (χ1v) is 10.2. The highest BCUT2D eigenvalue weighted by Crippen LogP contribution is 2.27. The number of hydrogen-bond acceptors (Lipinski definition) is 3. The molecule has 0 bridgehead atoms. The number of nitrogens with one attached hydrogen (secondary N) is 2. The molecule has 1 aliphatic rings. The SMILES string of the molecule is CCCC(=O)Nc1ccc(N2CCCC2)c(C(=O)NCCc2ccccc2)c1. The molecule has 0 atom stereocenters. The lowest BCUT2D eigenvalue weighted by Gasteiger charge is -2.22. The maximum atomic E-state index is 12.9. The van der Waals surface area contributed by atoms with Crippen molar-refractivity contribution in [3.05, 3.63) is 59.7 Å². The molecule has 28 heavy (non-hydrogen) atoms. The van der Waals surface area contributed by atoms with E-state index in [1.165, 1.54) is 5.56 Å². The van der Waals surface area contributed by atoms with Gasteiger partial charge in [-0.3, -0.25) is 9.59 Å². The van der Waals surface area contributed by atoms with Gasteiger partial charge in [0.15, 0.2) is 0 Å². The van der Waals surface area contributed by atoms with Gasteiger partial charge in [0.1, 0.15) is 0 Å². The van der Waals surface area contributed by atoms with E-state index in [4.69, 9.17) is 0 Å². The molecule has 0 saturated carbocycles. The van der Waals surface area contributed by atoms with Crippen molar-refractivity contribution in [3.8, 4) is 0 Å². The van der Waals surface area contributed by atoms with Crippen molar-refractivity contribution in [1.29, 1.82) is 0 Å². The molecule has 0 aliphatic carbocycles. The molecule has 2 amide bonds. The zero-order valence-corrected chi connectivity index (χ0v) is 16.5. The quantitative estimate of drug-likeness (QED) is 0.729. The van der Waals surface area contributed by atoms with E-state index in [2.05, 4.69) is 27.7 Å². The summed E-state index contributed by atoms with van der Waals surface area (Å²) >= 11 is 0. The van der Waals surface area contributed by atoms with E-state index in [1.807, 2.05) is 37.3 Å². The highest BCUT2D eigenvalue weighted by atomic mass is 16.2. The van der Waals surface area contributed by atoms with E-state index >= 15 is 0 Å². The van der Waals surface area contributed by atoms with Crippen LogP contribution < -0.4 is 15.5 Å². The van der Waals surface area contributed by atoms with Crippen LogP contribution in [0.4, 0.5) is 11.4 Å². The van der Waals surface area contributed by atoms with Crippen molar-refractivity contribution in [2.75, 3.05) is 29.9 Å². The van der Waals surface area contributed by atoms with Crippen LogP contribution >= 0.6 is 0 Å². The zero-order valence-electron chi connectivity index (χ0n) is 16.5. The van der Waals surface area contributed by atoms with Gasteiger partial charge in [-0.05, 0) is 49.4 Å². The summed E-state index contributed by atoms with van der Waals surface area (Å²) in [5, 5.41) is 5.94. The lowest BCUT2D eigenvalue weighted by Crippen LogP contribution is -2.29. The largest absolute Gasteiger partial charge is 0.371 e. The van der Waals surface area contributed by atoms with Crippen molar-refractivity contribution in [2.45, 2.75) is 39.0 Å². The van der Waals surface area contributed by atoms with Gasteiger partial charge in [-0.1, -0.05) is 37.3 Å². The fraction of sp³-hybridized carbons (Fsp3) is 0.391. The van der Waals surface area contributed by atoms with Crippen LogP contribution in [-0.2, 0) is 11.2 Å². The Morgan fingerprint density at radius 2 is 1.79 bits per heavy atom. The number of amides is 2. The van der Waals surface area contributed by atoms with Gasteiger partial charge in [0.2, 0.25) is 5.91 Å². The molecule has 5 nitrogen and oxygen atoms in total. The lowest BCUT2D eigenvalue weighted by atomic mass is 10.1. The third-order valence-electron chi connectivity index (χ3n) is 4.99. The molecule has 1 saturated heterocycles. The van der Waals surface area contributed by atoms with E-state index < -0.39 is 0 Å². The Labute approximate surface area is 167 Å². The van der Waals surface area contributed by atoms with E-state index in [0.29, 0.717) is 24.2 Å². The molecule has 3 rings (SSSR count). The minimum absolute atomic E-state index is 0.0214. The number of benzene rings is 2. The van der Waals surface area contributed by atoms with Crippen LogP contribution in [0.15, 0.2) is 48.5 Å². The van der Waals surface area contributed by atoms with E-state index in [1.54, 1.807) is 6.07 Å². The van der Waals surface area contributed by atoms with Crippen molar-refractivity contribution >= 4 is 23.2 Å². The molecule has 0 aromatic heterocycles. The molecule has 2 N–H and O–H groups in total. The molecule has 5 heteroatoms. The molecular formula is C23H29N3O2. The number of carbonyl (C=O) groups is 2. The molecule has 148 valence electrons. The summed E-state index contributed by atoms with van der Waals surface area (Å²) < 4.78 is 0. The highest BCUT2D eigenvalue weighted by Gasteiger charge is 2.20. The molecule has 2 aromatic carbocycles. The second-order valence-electron chi connectivity index (χ2n) is 7.22. The summed E-state index contributed by atoms with van der Waals surface area (Å²) in [4.78, 5) is 27.1. The molecule has 1 fully saturated rings. The second kappa shape index (κ2) is 9.93. The molecule has 0 radical (unpaired) electrons. The van der Waals surface area contributed by atoms with Crippen LogP contribution in [0, 0.1) is 0 Å². The summed E-state index contributed by atoms with van der Waals surface area (Å²) in [5.74, 6) is -0.115. The Morgan fingerprint density at radius 3 is 2.50 bits per heavy atom. The Bertz CT molecular complexity index is 799. The number of carbonyl (C=O) groups excluding carboxylic acids is 2. The van der Waals surface area contributed by atoms with Crippen LogP contribution in [0.2, 0.25) is 0 Å². The van der Waals surface area contributed by atoms with E-state index in [-0.39, 0.29) is 11.8 Å². The van der Waals surface area contributed by atoms with Crippen molar-refractivity contribution in [3.63, 3.8) is 0 Å². The van der Waals surface area contributed by atoms with Crippen molar-refractivity contribution in [1.82, 2.24) is 5.32 Å². The standard InChI is InChI=1S/C23H29N3O2/c1-2-8-22(27)25-19-11-12-21(26-15-6-7-16-26)20(17-19)23(28)24-14-13-18-9-4-3-5-10-18/h3-5,9-12,17H,2,6-8,13-16H2,1H3,(H,24,28)(H,25,27). The first kappa shape index (κ1) is 19.9. The van der Waals surface area contributed by atoms with Crippen LogP contribution in [0.5, 0.6) is 0 Å². The first-order valence-electron chi connectivity index (χ1n) is 10.2. The third kappa shape index (κ3) is 5.35. The Balaban J connectivity index is 1.72. The lowest BCUT2D eigenvalue weighted by molar-refractivity contribution is -0.116. The van der Waals surface area contributed by atoms with Crippen molar-refractivity contribution < 1.29 is 9.59 Å². The Morgan fingerprint density at radius 1 is 1.04 bits per heavy atom. The minimum Gasteiger partial charge on any atom is -0.371 e. The average Bonchev–Trinajstić information content (AvgIpc) is 3.23. The van der Waals surface area contributed by atoms with Gasteiger partial charge in [-0.15, -0.1) is 0 Å². The normalized spacial score (nSPS) is 13.4. The van der Waals surface area contributed by atoms with Crippen LogP contribution in [0.25, 0.3) is 0 Å². The van der Waals surface area contributed by atoms with Gasteiger partial charge < -0.3 is 15.5 Å². The monoisotopic (exact) mass is 379 g/mol. The van der Waals surface area contributed by atoms with Gasteiger partial charge in [0, 0.05) is 37.4 Å². The number of nitrogens with zero attached hydrogens (tertiary/aromatic N) is 1. The molecular weight excluding hydrogens is 350 g/mol. The number of rotatable bonds is 8. The van der Waals surface area contributed by atoms with Gasteiger partial charge in [-0.25, -0.2) is 0 Å². The van der Waals surface area contributed by atoms with Gasteiger partial charge in [0.05, 0.1) is 5.56 Å². The maximum Gasteiger partial charge on any atom is 0.253 e. The van der Waals surface area contributed by atoms with Crippen molar-refractivity contribution in [2.24, 2.45) is 0 Å². The molecule has 0 spiro atoms. The molecule has 1 aliphatic heterocycles.